The van der Waals surface area contributed by atoms with Crippen molar-refractivity contribution in [1.82, 2.24) is 4.90 Å². The summed E-state index contributed by atoms with van der Waals surface area (Å²) in [5.41, 5.74) is 7.79. The van der Waals surface area contributed by atoms with E-state index in [1.807, 2.05) is 6.07 Å². The van der Waals surface area contributed by atoms with Gasteiger partial charge in [-0.2, -0.15) is 0 Å². The van der Waals surface area contributed by atoms with E-state index < -0.39 is 0 Å². The number of benzene rings is 2. The smallest absolute Gasteiger partial charge is 0.255 e. The van der Waals surface area contributed by atoms with Crippen LogP contribution in [0.1, 0.15) is 33.6 Å². The molecule has 6 nitrogen and oxygen atoms in total. The van der Waals surface area contributed by atoms with Crippen LogP contribution in [0.2, 0.25) is 0 Å². The highest BCUT2D eigenvalue weighted by Crippen LogP contribution is 2.19. The number of nitrogens with two attached hydrogens (primary N) is 1. The Balaban J connectivity index is 1.60. The Kier molecular flexibility index (Phi) is 6.57. The van der Waals surface area contributed by atoms with Crippen LogP contribution in [0, 0.1) is 0 Å². The summed E-state index contributed by atoms with van der Waals surface area (Å²) in [5.74, 6) is -0.248. The standard InChI is InChI=1S/C21H25N3O3/c22-17-6-3-5-16(15-17)21(26)23-19-8-2-1-7-18(19)20(25)9-4-10-24-11-13-27-14-12-24/h1-3,5-8,15H,4,9-14,22H2,(H,23,26). The second kappa shape index (κ2) is 9.30. The molecule has 0 spiro atoms. The summed E-state index contributed by atoms with van der Waals surface area (Å²) in [6.07, 6.45) is 1.23. The third-order valence-corrected chi connectivity index (χ3v) is 4.61. The molecule has 6 heteroatoms. The molecule has 1 aliphatic heterocycles. The van der Waals surface area contributed by atoms with Gasteiger partial charge in [-0.25, -0.2) is 0 Å². The van der Waals surface area contributed by atoms with Crippen LogP contribution in [0.4, 0.5) is 11.4 Å². The number of hydrogen-bond donors (Lipinski definition) is 2. The van der Waals surface area contributed by atoms with Gasteiger partial charge in [0.15, 0.2) is 5.78 Å². The maximum Gasteiger partial charge on any atom is 0.255 e. The number of morpholine rings is 1. The SMILES string of the molecule is Nc1cccc(C(=O)Nc2ccccc2C(=O)CCCN2CCOCC2)c1. The van der Waals surface area contributed by atoms with Gasteiger partial charge in [0, 0.05) is 36.3 Å². The molecule has 0 aliphatic carbocycles. The molecule has 3 rings (SSSR count). The van der Waals surface area contributed by atoms with E-state index in [1.165, 1.54) is 0 Å². The average Bonchev–Trinajstić information content (AvgIpc) is 2.69. The molecule has 142 valence electrons. The lowest BCUT2D eigenvalue weighted by Crippen LogP contribution is -2.36. The van der Waals surface area contributed by atoms with Crippen molar-refractivity contribution in [3.05, 3.63) is 59.7 Å². The molecule has 1 fully saturated rings. The number of nitrogens with one attached hydrogen (secondary N) is 1. The van der Waals surface area contributed by atoms with Gasteiger partial charge < -0.3 is 15.8 Å². The molecule has 0 unspecified atom stereocenters. The van der Waals surface area contributed by atoms with Gasteiger partial charge in [-0.15, -0.1) is 0 Å². The Morgan fingerprint density at radius 3 is 2.63 bits per heavy atom. The molecular weight excluding hydrogens is 342 g/mol. The van der Waals surface area contributed by atoms with E-state index in [0.717, 1.165) is 39.3 Å². The van der Waals surface area contributed by atoms with Gasteiger partial charge in [0.1, 0.15) is 0 Å². The van der Waals surface area contributed by atoms with Crippen molar-refractivity contribution in [3.8, 4) is 0 Å². The van der Waals surface area contributed by atoms with Gasteiger partial charge in [-0.3, -0.25) is 14.5 Å². The monoisotopic (exact) mass is 367 g/mol. The zero-order valence-corrected chi connectivity index (χ0v) is 15.3. The largest absolute Gasteiger partial charge is 0.399 e. The van der Waals surface area contributed by atoms with Gasteiger partial charge in [-0.1, -0.05) is 18.2 Å². The molecule has 0 aromatic heterocycles. The van der Waals surface area contributed by atoms with Crippen molar-refractivity contribution in [1.29, 1.82) is 0 Å². The van der Waals surface area contributed by atoms with Crippen molar-refractivity contribution in [2.45, 2.75) is 12.8 Å². The molecule has 1 heterocycles. The van der Waals surface area contributed by atoms with Gasteiger partial charge in [0.2, 0.25) is 0 Å². The van der Waals surface area contributed by atoms with Crippen LogP contribution in [-0.4, -0.2) is 49.4 Å². The molecule has 0 saturated carbocycles. The minimum atomic E-state index is -0.282. The molecule has 1 aliphatic rings. The maximum atomic E-state index is 12.7. The van der Waals surface area contributed by atoms with Crippen LogP contribution in [-0.2, 0) is 4.74 Å². The van der Waals surface area contributed by atoms with Crippen LogP contribution in [0.3, 0.4) is 0 Å². The van der Waals surface area contributed by atoms with Crippen LogP contribution < -0.4 is 11.1 Å². The fraction of sp³-hybridized carbons (Fsp3) is 0.333. The van der Waals surface area contributed by atoms with Gasteiger partial charge in [0.05, 0.1) is 18.9 Å². The molecule has 1 saturated heterocycles. The van der Waals surface area contributed by atoms with E-state index >= 15 is 0 Å². The van der Waals surface area contributed by atoms with Gasteiger partial charge in [-0.05, 0) is 43.3 Å². The first-order valence-corrected chi connectivity index (χ1v) is 9.23. The number of carbonyl (C=O) groups is 2. The molecule has 0 radical (unpaired) electrons. The summed E-state index contributed by atoms with van der Waals surface area (Å²) in [6.45, 7) is 4.23. The van der Waals surface area contributed by atoms with E-state index in [2.05, 4.69) is 10.2 Å². The quantitative estimate of drug-likeness (QED) is 0.581. The Labute approximate surface area is 159 Å². The summed E-state index contributed by atoms with van der Waals surface area (Å²) in [5, 5.41) is 2.83. The summed E-state index contributed by atoms with van der Waals surface area (Å²) in [4.78, 5) is 27.4. The molecule has 0 bridgehead atoms. The number of ketones is 1. The number of para-hydroxylation sites is 1. The number of carbonyl (C=O) groups excluding carboxylic acids is 2. The fourth-order valence-electron chi connectivity index (χ4n) is 3.13. The first-order chi connectivity index (χ1) is 13.1. The number of amides is 1. The lowest BCUT2D eigenvalue weighted by molar-refractivity contribution is 0.0371. The lowest BCUT2D eigenvalue weighted by Gasteiger charge is -2.26. The normalized spacial score (nSPS) is 14.7. The molecule has 3 N–H and O–H groups in total. The summed E-state index contributed by atoms with van der Waals surface area (Å²) >= 11 is 0. The second-order valence-electron chi connectivity index (χ2n) is 6.61. The van der Waals surface area contributed by atoms with Crippen molar-refractivity contribution >= 4 is 23.1 Å². The van der Waals surface area contributed by atoms with E-state index in [-0.39, 0.29) is 11.7 Å². The summed E-state index contributed by atoms with van der Waals surface area (Å²) in [6, 6.07) is 13.9. The zero-order valence-electron chi connectivity index (χ0n) is 15.3. The molecular formula is C21H25N3O3. The highest BCUT2D eigenvalue weighted by Gasteiger charge is 2.15. The first kappa shape index (κ1) is 19.1. The molecule has 27 heavy (non-hydrogen) atoms. The van der Waals surface area contributed by atoms with E-state index in [1.54, 1.807) is 42.5 Å². The van der Waals surface area contributed by atoms with Crippen LogP contribution in [0.5, 0.6) is 0 Å². The number of rotatable bonds is 7. The Hall–Kier alpha value is -2.70. The Morgan fingerprint density at radius 2 is 1.85 bits per heavy atom. The third kappa shape index (κ3) is 5.39. The predicted octanol–water partition coefficient (Wildman–Crippen LogP) is 2.82. The summed E-state index contributed by atoms with van der Waals surface area (Å²) in [7, 11) is 0. The highest BCUT2D eigenvalue weighted by atomic mass is 16.5. The molecule has 2 aromatic rings. The van der Waals surface area contributed by atoms with Gasteiger partial charge >= 0.3 is 0 Å². The fourth-order valence-corrected chi connectivity index (χ4v) is 3.13. The van der Waals surface area contributed by atoms with Crippen LogP contribution in [0.25, 0.3) is 0 Å². The predicted molar refractivity (Wildman–Crippen MR) is 106 cm³/mol. The average molecular weight is 367 g/mol. The minimum Gasteiger partial charge on any atom is -0.399 e. The lowest BCUT2D eigenvalue weighted by atomic mass is 10.0. The molecule has 1 amide bonds. The number of ether oxygens (including phenoxy) is 1. The number of nitrogen functional groups attached to an aromatic ring is 1. The van der Waals surface area contributed by atoms with E-state index in [4.69, 9.17) is 10.5 Å². The van der Waals surface area contributed by atoms with Crippen molar-refractivity contribution < 1.29 is 14.3 Å². The highest BCUT2D eigenvalue weighted by molar-refractivity contribution is 6.09. The number of anilines is 2. The second-order valence-corrected chi connectivity index (χ2v) is 6.61. The number of Topliss-reactive ketones (excluding diaryl/α,β-unsaturated/α-hetero) is 1. The summed E-state index contributed by atoms with van der Waals surface area (Å²) < 4.78 is 5.34. The van der Waals surface area contributed by atoms with Crippen molar-refractivity contribution in [2.75, 3.05) is 43.9 Å². The molecule has 2 aromatic carbocycles. The van der Waals surface area contributed by atoms with Gasteiger partial charge in [0.25, 0.3) is 5.91 Å². The Bertz CT molecular complexity index is 801. The van der Waals surface area contributed by atoms with Crippen molar-refractivity contribution in [2.24, 2.45) is 0 Å². The van der Waals surface area contributed by atoms with Crippen LogP contribution in [0.15, 0.2) is 48.5 Å². The first-order valence-electron chi connectivity index (χ1n) is 9.23. The van der Waals surface area contributed by atoms with E-state index in [9.17, 15) is 9.59 Å². The maximum absolute atomic E-state index is 12.7. The van der Waals surface area contributed by atoms with Crippen LogP contribution >= 0.6 is 0 Å². The minimum absolute atomic E-state index is 0.0340. The van der Waals surface area contributed by atoms with E-state index in [0.29, 0.717) is 28.9 Å². The van der Waals surface area contributed by atoms with Crippen molar-refractivity contribution in [3.63, 3.8) is 0 Å². The third-order valence-electron chi connectivity index (χ3n) is 4.61. The zero-order chi connectivity index (χ0) is 19.1. The molecule has 0 atom stereocenters. The topological polar surface area (TPSA) is 84.7 Å². The Morgan fingerprint density at radius 1 is 1.07 bits per heavy atom. The number of hydrogen-bond acceptors (Lipinski definition) is 5. The number of nitrogens with zero attached hydrogens (tertiary/aromatic N) is 1.